The summed E-state index contributed by atoms with van der Waals surface area (Å²) in [4.78, 5) is 12.6. The highest BCUT2D eigenvalue weighted by Gasteiger charge is 2.40. The van der Waals surface area contributed by atoms with Gasteiger partial charge in [-0.15, -0.1) is 12.4 Å². The number of piperidine rings is 1. The van der Waals surface area contributed by atoms with E-state index in [2.05, 4.69) is 32.6 Å². The van der Waals surface area contributed by atoms with Gasteiger partial charge in [0.25, 0.3) is 5.91 Å². The number of rotatable bonds is 5. The predicted octanol–water partition coefficient (Wildman–Crippen LogP) is 2.69. The van der Waals surface area contributed by atoms with E-state index in [9.17, 15) is 4.79 Å². The van der Waals surface area contributed by atoms with Crippen molar-refractivity contribution in [2.24, 2.45) is 0 Å². The first-order chi connectivity index (χ1) is 10.1. The third-order valence-electron chi connectivity index (χ3n) is 4.08. The maximum absolute atomic E-state index is 12.6. The molecule has 1 heterocycles. The number of benzene rings is 1. The molecule has 2 N–H and O–H groups in total. The van der Waals surface area contributed by atoms with Crippen LogP contribution in [0.15, 0.2) is 28.7 Å². The van der Waals surface area contributed by atoms with Gasteiger partial charge in [0.05, 0.1) is 0 Å². The van der Waals surface area contributed by atoms with E-state index in [1.165, 1.54) is 5.56 Å². The smallest absolute Gasteiger partial charge is 0.252 e. The molecule has 6 heteroatoms. The van der Waals surface area contributed by atoms with Crippen LogP contribution in [0.2, 0.25) is 0 Å². The molecule has 1 aliphatic rings. The Bertz CT molecular complexity index is 493. The molecule has 0 aromatic heterocycles. The van der Waals surface area contributed by atoms with Gasteiger partial charge >= 0.3 is 0 Å². The Morgan fingerprint density at radius 1 is 1.41 bits per heavy atom. The number of ether oxygens (including phenoxy) is 1. The van der Waals surface area contributed by atoms with Gasteiger partial charge in [-0.05, 0) is 50.9 Å². The van der Waals surface area contributed by atoms with Crippen molar-refractivity contribution in [3.63, 3.8) is 0 Å². The molecule has 2 rings (SSSR count). The molecule has 22 heavy (non-hydrogen) atoms. The van der Waals surface area contributed by atoms with Crippen molar-refractivity contribution >= 4 is 34.2 Å². The summed E-state index contributed by atoms with van der Waals surface area (Å²) in [5, 5.41) is 6.37. The van der Waals surface area contributed by atoms with E-state index in [-0.39, 0.29) is 24.4 Å². The van der Waals surface area contributed by atoms with Gasteiger partial charge in [0.1, 0.15) is 5.60 Å². The van der Waals surface area contributed by atoms with Gasteiger partial charge in [-0.3, -0.25) is 4.79 Å². The zero-order valence-electron chi connectivity index (χ0n) is 13.0. The average molecular weight is 392 g/mol. The lowest BCUT2D eigenvalue weighted by Crippen LogP contribution is -2.55. The van der Waals surface area contributed by atoms with Gasteiger partial charge in [-0.2, -0.15) is 0 Å². The van der Waals surface area contributed by atoms with Crippen LogP contribution in [0.25, 0.3) is 0 Å². The van der Waals surface area contributed by atoms with Crippen LogP contribution in [0.1, 0.15) is 25.3 Å². The van der Waals surface area contributed by atoms with Crippen molar-refractivity contribution in [2.45, 2.75) is 37.8 Å². The molecule has 0 bridgehead atoms. The number of carbonyl (C=O) groups excluding carboxylic acids is 1. The highest BCUT2D eigenvalue weighted by Crippen LogP contribution is 2.23. The van der Waals surface area contributed by atoms with Gasteiger partial charge in [0.2, 0.25) is 0 Å². The fourth-order valence-electron chi connectivity index (χ4n) is 2.75. The summed E-state index contributed by atoms with van der Waals surface area (Å²) in [5.74, 6) is 0.00561. The molecule has 4 nitrogen and oxygen atoms in total. The van der Waals surface area contributed by atoms with E-state index in [1.54, 1.807) is 7.11 Å². The lowest BCUT2D eigenvalue weighted by molar-refractivity contribution is -0.147. The largest absolute Gasteiger partial charge is 0.368 e. The fraction of sp³-hybridized carbons (Fsp3) is 0.562. The van der Waals surface area contributed by atoms with E-state index in [0.717, 1.165) is 36.8 Å². The van der Waals surface area contributed by atoms with Crippen molar-refractivity contribution in [2.75, 3.05) is 20.2 Å². The number of nitrogens with one attached hydrogen (secondary N) is 2. The second-order valence-corrected chi connectivity index (χ2v) is 6.47. The van der Waals surface area contributed by atoms with Gasteiger partial charge in [-0.1, -0.05) is 34.1 Å². The Balaban J connectivity index is 0.00000242. The maximum Gasteiger partial charge on any atom is 0.252 e. The van der Waals surface area contributed by atoms with E-state index in [0.29, 0.717) is 0 Å². The maximum atomic E-state index is 12.6. The molecule has 1 amide bonds. The van der Waals surface area contributed by atoms with Crippen LogP contribution in [0.5, 0.6) is 0 Å². The lowest BCUT2D eigenvalue weighted by atomic mass is 9.90. The Labute approximate surface area is 146 Å². The quantitative estimate of drug-likeness (QED) is 0.811. The Kier molecular flexibility index (Phi) is 7.83. The van der Waals surface area contributed by atoms with Crippen molar-refractivity contribution in [3.05, 3.63) is 34.3 Å². The molecule has 1 aromatic carbocycles. The minimum Gasteiger partial charge on any atom is -0.368 e. The number of methoxy groups -OCH3 is 1. The Morgan fingerprint density at radius 3 is 2.64 bits per heavy atom. The van der Waals surface area contributed by atoms with Crippen LogP contribution in [0.4, 0.5) is 0 Å². The van der Waals surface area contributed by atoms with Gasteiger partial charge in [-0.25, -0.2) is 0 Å². The monoisotopic (exact) mass is 390 g/mol. The molecule has 1 fully saturated rings. The normalized spacial score (nSPS) is 18.1. The van der Waals surface area contributed by atoms with Crippen LogP contribution in [-0.4, -0.2) is 37.7 Å². The van der Waals surface area contributed by atoms with E-state index < -0.39 is 5.60 Å². The molecule has 1 unspecified atom stereocenters. The van der Waals surface area contributed by atoms with Crippen molar-refractivity contribution in [1.82, 2.24) is 10.6 Å². The summed E-state index contributed by atoms with van der Waals surface area (Å²) in [6.07, 6.45) is 2.24. The molecular formula is C16H24BrClN2O2. The summed E-state index contributed by atoms with van der Waals surface area (Å²) in [5.41, 5.74) is 0.523. The molecule has 124 valence electrons. The van der Waals surface area contributed by atoms with E-state index >= 15 is 0 Å². The topological polar surface area (TPSA) is 50.4 Å². The molecular weight excluding hydrogens is 368 g/mol. The number of hydrogen-bond acceptors (Lipinski definition) is 3. The number of amides is 1. The molecule has 0 saturated carbocycles. The zero-order valence-corrected chi connectivity index (χ0v) is 15.4. The average Bonchev–Trinajstić information content (AvgIpc) is 2.50. The Morgan fingerprint density at radius 2 is 2.05 bits per heavy atom. The summed E-state index contributed by atoms with van der Waals surface area (Å²) >= 11 is 3.55. The summed E-state index contributed by atoms with van der Waals surface area (Å²) < 4.78 is 6.63. The molecule has 1 aliphatic heterocycles. The standard InChI is InChI=1S/C16H23BrN2O2.ClH/c1-12(11-13-5-3-4-6-14(13)17)19-15(20)16(21-2)7-9-18-10-8-16;/h3-6,12,18H,7-11H2,1-2H3,(H,19,20);1H. The van der Waals surface area contributed by atoms with Gasteiger partial charge in [0.15, 0.2) is 0 Å². The highest BCUT2D eigenvalue weighted by molar-refractivity contribution is 9.10. The number of hydrogen-bond donors (Lipinski definition) is 2. The first-order valence-electron chi connectivity index (χ1n) is 7.37. The lowest BCUT2D eigenvalue weighted by Gasteiger charge is -2.35. The van der Waals surface area contributed by atoms with Gasteiger partial charge < -0.3 is 15.4 Å². The first-order valence-corrected chi connectivity index (χ1v) is 8.17. The molecule has 1 aromatic rings. The summed E-state index contributed by atoms with van der Waals surface area (Å²) in [7, 11) is 1.63. The third-order valence-corrected chi connectivity index (χ3v) is 4.85. The second-order valence-electron chi connectivity index (χ2n) is 5.62. The minimum absolute atomic E-state index is 0. The van der Waals surface area contributed by atoms with Crippen LogP contribution in [-0.2, 0) is 16.0 Å². The van der Waals surface area contributed by atoms with Gasteiger partial charge in [0, 0.05) is 17.6 Å². The van der Waals surface area contributed by atoms with Crippen LogP contribution in [0.3, 0.4) is 0 Å². The fourth-order valence-corrected chi connectivity index (χ4v) is 3.20. The van der Waals surface area contributed by atoms with Crippen molar-refractivity contribution in [1.29, 1.82) is 0 Å². The SMILES string of the molecule is COC1(C(=O)NC(C)Cc2ccccc2Br)CCNCC1.Cl. The zero-order chi connectivity index (χ0) is 15.3. The summed E-state index contributed by atoms with van der Waals surface area (Å²) in [6.45, 7) is 3.67. The molecule has 1 saturated heterocycles. The highest BCUT2D eigenvalue weighted by atomic mass is 79.9. The minimum atomic E-state index is -0.673. The first kappa shape index (κ1) is 19.4. The second kappa shape index (κ2) is 8.87. The number of carbonyl (C=O) groups is 1. The third kappa shape index (κ3) is 4.69. The molecule has 0 spiro atoms. The van der Waals surface area contributed by atoms with Crippen molar-refractivity contribution in [3.8, 4) is 0 Å². The molecule has 1 atom stereocenters. The molecule has 0 radical (unpaired) electrons. The van der Waals surface area contributed by atoms with Crippen LogP contribution in [0, 0.1) is 0 Å². The number of halogens is 2. The van der Waals surface area contributed by atoms with Crippen molar-refractivity contribution < 1.29 is 9.53 Å². The van der Waals surface area contributed by atoms with E-state index in [4.69, 9.17) is 4.74 Å². The predicted molar refractivity (Wildman–Crippen MR) is 94.5 cm³/mol. The molecule has 0 aliphatic carbocycles. The Hall–Kier alpha value is -0.620. The summed E-state index contributed by atoms with van der Waals surface area (Å²) in [6, 6.07) is 8.17. The van der Waals surface area contributed by atoms with E-state index in [1.807, 2.05) is 25.1 Å². The van der Waals surface area contributed by atoms with Crippen LogP contribution < -0.4 is 10.6 Å². The van der Waals surface area contributed by atoms with Crippen LogP contribution >= 0.6 is 28.3 Å².